The Morgan fingerprint density at radius 3 is 2.94 bits per heavy atom. The van der Waals surface area contributed by atoms with Gasteiger partial charge in [-0.25, -0.2) is 9.55 Å². The van der Waals surface area contributed by atoms with Crippen molar-refractivity contribution in [1.82, 2.24) is 19.1 Å². The molecule has 0 saturated carbocycles. The van der Waals surface area contributed by atoms with Crippen molar-refractivity contribution in [2.75, 3.05) is 12.3 Å². The van der Waals surface area contributed by atoms with Gasteiger partial charge in [0.15, 0.2) is 10.7 Å². The fraction of sp³-hybridized carbons (Fsp3) is 0.286. The van der Waals surface area contributed by atoms with Crippen LogP contribution in [0.15, 0.2) is 6.20 Å². The van der Waals surface area contributed by atoms with Crippen molar-refractivity contribution in [2.24, 2.45) is 0 Å². The topological polar surface area (TPSA) is 133 Å². The molecule has 0 aliphatic heterocycles. The van der Waals surface area contributed by atoms with Crippen molar-refractivity contribution < 1.29 is 10.0 Å². The van der Waals surface area contributed by atoms with E-state index in [1.165, 1.54) is 4.57 Å². The zero-order valence-corrected chi connectivity index (χ0v) is 9.29. The summed E-state index contributed by atoms with van der Waals surface area (Å²) in [5, 5.41) is 23.3. The first-order valence-corrected chi connectivity index (χ1v) is 5.31. The molecule has 2 aromatic rings. The number of nitrogens with two attached hydrogens (primary N) is 1. The highest BCUT2D eigenvalue weighted by Gasteiger charge is 2.24. The molecule has 0 bridgehead atoms. The Labute approximate surface area is 98.8 Å². The minimum Gasteiger partial charge on any atom is -0.392 e. The fourth-order valence-electron chi connectivity index (χ4n) is 1.37. The van der Waals surface area contributed by atoms with Gasteiger partial charge in [0.25, 0.3) is 0 Å². The van der Waals surface area contributed by atoms with Crippen molar-refractivity contribution in [1.29, 1.82) is 0 Å². The Balaban J connectivity index is 2.55. The van der Waals surface area contributed by atoms with E-state index >= 15 is 0 Å². The number of hydrogen-bond donors (Lipinski definition) is 2. The molecule has 0 fully saturated rings. The van der Waals surface area contributed by atoms with Crippen molar-refractivity contribution in [3.05, 3.63) is 16.3 Å². The van der Waals surface area contributed by atoms with E-state index in [1.807, 2.05) is 0 Å². The second-order valence-electron chi connectivity index (χ2n) is 3.06. The number of nitrogens with zero attached hydrogens (tertiary/aromatic N) is 5. The molecule has 2 aromatic heterocycles. The lowest BCUT2D eigenvalue weighted by molar-refractivity contribution is -0.392. The Bertz CT molecular complexity index is 550. The third-order valence-corrected chi connectivity index (χ3v) is 2.80. The molecule has 17 heavy (non-hydrogen) atoms. The van der Waals surface area contributed by atoms with Crippen molar-refractivity contribution in [3.8, 4) is 10.7 Å². The van der Waals surface area contributed by atoms with E-state index in [9.17, 15) is 10.1 Å². The normalized spacial score (nSPS) is 10.6. The molecule has 0 saturated heterocycles. The Morgan fingerprint density at radius 1 is 1.65 bits per heavy atom. The Morgan fingerprint density at radius 2 is 2.41 bits per heavy atom. The summed E-state index contributed by atoms with van der Waals surface area (Å²) in [5.74, 6) is 0.245. The number of nitro groups is 1. The van der Waals surface area contributed by atoms with Gasteiger partial charge in [-0.05, 0) is 16.5 Å². The predicted octanol–water partition coefficient (Wildman–Crippen LogP) is -0.116. The number of hydrogen-bond acceptors (Lipinski definition) is 8. The highest BCUT2D eigenvalue weighted by molar-refractivity contribution is 7.09. The van der Waals surface area contributed by atoms with E-state index < -0.39 is 4.92 Å². The predicted molar refractivity (Wildman–Crippen MR) is 59.3 cm³/mol. The summed E-state index contributed by atoms with van der Waals surface area (Å²) in [7, 11) is 0. The van der Waals surface area contributed by atoms with Crippen LogP contribution in [-0.4, -0.2) is 35.8 Å². The molecule has 9 nitrogen and oxygen atoms in total. The molecule has 0 radical (unpaired) electrons. The maximum absolute atomic E-state index is 10.8. The van der Waals surface area contributed by atoms with E-state index in [0.29, 0.717) is 10.7 Å². The van der Waals surface area contributed by atoms with E-state index in [1.54, 1.807) is 0 Å². The molecule has 0 atom stereocenters. The van der Waals surface area contributed by atoms with Crippen LogP contribution in [0.1, 0.15) is 0 Å². The molecule has 0 spiro atoms. The fourth-order valence-corrected chi connectivity index (χ4v) is 1.96. The minimum absolute atomic E-state index is 0.0585. The van der Waals surface area contributed by atoms with Gasteiger partial charge in [-0.3, -0.25) is 0 Å². The molecule has 0 unspecified atom stereocenters. The molecule has 2 heterocycles. The van der Waals surface area contributed by atoms with E-state index in [4.69, 9.17) is 10.8 Å². The third-order valence-electron chi connectivity index (χ3n) is 2.06. The zero-order valence-electron chi connectivity index (χ0n) is 8.48. The quantitative estimate of drug-likeness (QED) is 0.575. The minimum atomic E-state index is -0.573. The Hall–Kier alpha value is -2.07. The number of aliphatic hydroxyl groups excluding tert-OH is 1. The molecule has 3 N–H and O–H groups in total. The summed E-state index contributed by atoms with van der Waals surface area (Å²) in [4.78, 5) is 14.6. The second-order valence-corrected chi connectivity index (χ2v) is 3.81. The first-order chi connectivity index (χ1) is 8.15. The summed E-state index contributed by atoms with van der Waals surface area (Å²) >= 11 is 0.994. The van der Waals surface area contributed by atoms with E-state index in [-0.39, 0.29) is 24.8 Å². The number of aromatic nitrogens is 4. The second kappa shape index (κ2) is 4.43. The van der Waals surface area contributed by atoms with Crippen LogP contribution in [0, 0.1) is 10.1 Å². The van der Waals surface area contributed by atoms with Crippen molar-refractivity contribution in [2.45, 2.75) is 6.54 Å². The van der Waals surface area contributed by atoms with Crippen LogP contribution in [0.4, 0.5) is 11.6 Å². The maximum atomic E-state index is 10.8. The molecule has 0 amide bonds. The van der Waals surface area contributed by atoms with Crippen LogP contribution in [0.2, 0.25) is 0 Å². The van der Waals surface area contributed by atoms with E-state index in [0.717, 1.165) is 17.7 Å². The highest BCUT2D eigenvalue weighted by atomic mass is 32.1. The Kier molecular flexibility index (Phi) is 2.97. The van der Waals surface area contributed by atoms with Crippen LogP contribution < -0.4 is 5.73 Å². The summed E-state index contributed by atoms with van der Waals surface area (Å²) in [6.07, 6.45) is 1.12. The number of rotatable bonds is 4. The average Bonchev–Trinajstić information content (AvgIpc) is 2.85. The number of nitrogen functional groups attached to an aromatic ring is 1. The third kappa shape index (κ3) is 1.94. The van der Waals surface area contributed by atoms with Crippen molar-refractivity contribution in [3.63, 3.8) is 0 Å². The number of aliphatic hydroxyl groups is 1. The van der Waals surface area contributed by atoms with Crippen LogP contribution in [0.25, 0.3) is 10.7 Å². The van der Waals surface area contributed by atoms with Gasteiger partial charge in [-0.15, -0.1) is 5.10 Å². The zero-order chi connectivity index (χ0) is 12.4. The van der Waals surface area contributed by atoms with Crippen LogP contribution in [0.3, 0.4) is 0 Å². The SMILES string of the molecule is Nc1nnsc1-c1ncc([N+](=O)[O-])n1CCO. The first-order valence-electron chi connectivity index (χ1n) is 4.54. The number of anilines is 1. The molecule has 0 aliphatic carbocycles. The lowest BCUT2D eigenvalue weighted by Crippen LogP contribution is -2.07. The van der Waals surface area contributed by atoms with Crippen LogP contribution in [0.5, 0.6) is 0 Å². The molecular formula is C7H8N6O3S. The van der Waals surface area contributed by atoms with Crippen LogP contribution >= 0.6 is 11.5 Å². The maximum Gasteiger partial charge on any atom is 0.343 e. The lowest BCUT2D eigenvalue weighted by atomic mass is 10.4. The smallest absolute Gasteiger partial charge is 0.343 e. The van der Waals surface area contributed by atoms with Crippen molar-refractivity contribution >= 4 is 23.2 Å². The van der Waals surface area contributed by atoms with Gasteiger partial charge < -0.3 is 21.0 Å². The van der Waals surface area contributed by atoms with Gasteiger partial charge in [0.05, 0.1) is 6.61 Å². The summed E-state index contributed by atoms with van der Waals surface area (Å²) in [6.45, 7) is -0.181. The summed E-state index contributed by atoms with van der Waals surface area (Å²) < 4.78 is 4.90. The monoisotopic (exact) mass is 256 g/mol. The summed E-state index contributed by atoms with van der Waals surface area (Å²) in [6, 6.07) is 0. The molecule has 0 aliphatic rings. The van der Waals surface area contributed by atoms with Gasteiger partial charge in [-0.1, -0.05) is 4.49 Å². The van der Waals surface area contributed by atoms with Gasteiger partial charge >= 0.3 is 5.82 Å². The molecule has 2 rings (SSSR count). The largest absolute Gasteiger partial charge is 0.392 e. The van der Waals surface area contributed by atoms with Gasteiger partial charge in [0, 0.05) is 0 Å². The van der Waals surface area contributed by atoms with Gasteiger partial charge in [0.2, 0.25) is 5.82 Å². The lowest BCUT2D eigenvalue weighted by Gasteiger charge is -2.01. The van der Waals surface area contributed by atoms with Gasteiger partial charge in [0.1, 0.15) is 12.7 Å². The molecule has 90 valence electrons. The first kappa shape index (κ1) is 11.4. The van der Waals surface area contributed by atoms with Gasteiger partial charge in [-0.2, -0.15) is 0 Å². The highest BCUT2D eigenvalue weighted by Crippen LogP contribution is 2.29. The van der Waals surface area contributed by atoms with Crippen LogP contribution in [-0.2, 0) is 6.54 Å². The average molecular weight is 256 g/mol. The summed E-state index contributed by atoms with van der Waals surface area (Å²) in [5.41, 5.74) is 5.57. The van der Waals surface area contributed by atoms with E-state index in [2.05, 4.69) is 14.6 Å². The molecular weight excluding hydrogens is 248 g/mol. The molecule has 0 aromatic carbocycles. The molecule has 10 heteroatoms. The number of imidazole rings is 1. The standard InChI is InChI=1S/C7H8N6O3S/c8-6-5(17-11-10-6)7-9-3-4(13(15)16)12(7)1-2-14/h3,14H,1-2,8H2.